The molecule has 0 amide bonds. The molecule has 5 heteroatoms. The van der Waals surface area contributed by atoms with Crippen LogP contribution in [0, 0.1) is 12.8 Å². The van der Waals surface area contributed by atoms with Crippen molar-refractivity contribution in [3.63, 3.8) is 0 Å². The fraction of sp³-hybridized carbons (Fsp3) is 0.562. The number of aliphatic imine (C=N–C) groups is 1. The third-order valence-electron chi connectivity index (χ3n) is 3.67. The van der Waals surface area contributed by atoms with Gasteiger partial charge >= 0.3 is 5.97 Å². The molecule has 0 saturated heterocycles. The molecule has 0 radical (unpaired) electrons. The van der Waals surface area contributed by atoms with E-state index in [1.807, 2.05) is 6.92 Å². The molecular weight excluding hydrogens is 286 g/mol. The Morgan fingerprint density at radius 2 is 1.90 bits per heavy atom. The molecule has 0 saturated carbocycles. The first-order valence-corrected chi connectivity index (χ1v) is 8.07. The van der Waals surface area contributed by atoms with Gasteiger partial charge in [-0.05, 0) is 45.1 Å². The third-order valence-corrected chi connectivity index (χ3v) is 4.85. The van der Waals surface area contributed by atoms with E-state index in [9.17, 15) is 14.7 Å². The molecule has 0 fully saturated rings. The van der Waals surface area contributed by atoms with Crippen molar-refractivity contribution in [3.05, 3.63) is 16.0 Å². The topological polar surface area (TPSA) is 66.7 Å². The van der Waals surface area contributed by atoms with Gasteiger partial charge in [-0.3, -0.25) is 4.79 Å². The van der Waals surface area contributed by atoms with Crippen molar-refractivity contribution < 1.29 is 14.7 Å². The summed E-state index contributed by atoms with van der Waals surface area (Å²) in [7, 11) is 0. The predicted molar refractivity (Wildman–Crippen MR) is 87.5 cm³/mol. The van der Waals surface area contributed by atoms with E-state index in [1.165, 1.54) is 6.92 Å². The summed E-state index contributed by atoms with van der Waals surface area (Å²) in [5.74, 6) is -0.753. The van der Waals surface area contributed by atoms with Gasteiger partial charge < -0.3 is 5.11 Å². The number of hydrogen-bond donors (Lipinski definition) is 1. The number of carbonyl (C=O) groups is 2. The number of aromatic carboxylic acids is 1. The first-order chi connectivity index (χ1) is 9.83. The van der Waals surface area contributed by atoms with E-state index >= 15 is 0 Å². The fourth-order valence-electron chi connectivity index (χ4n) is 2.50. The van der Waals surface area contributed by atoms with Gasteiger partial charge in [-0.1, -0.05) is 20.3 Å². The number of nitrogens with zero attached hydrogens (tertiary/aromatic N) is 1. The van der Waals surface area contributed by atoms with E-state index in [0.717, 1.165) is 36.3 Å². The lowest BCUT2D eigenvalue weighted by molar-refractivity contribution is 0.0701. The van der Waals surface area contributed by atoms with Crippen molar-refractivity contribution in [3.8, 4) is 0 Å². The maximum Gasteiger partial charge on any atom is 0.346 e. The number of carbonyl (C=O) groups excluding carboxylic acids is 1. The van der Waals surface area contributed by atoms with Crippen molar-refractivity contribution in [2.75, 3.05) is 0 Å². The van der Waals surface area contributed by atoms with Crippen molar-refractivity contribution in [2.45, 2.75) is 53.9 Å². The first kappa shape index (κ1) is 17.6. The molecule has 4 nitrogen and oxygen atoms in total. The predicted octanol–water partition coefficient (Wildman–Crippen LogP) is 4.88. The maximum absolute atomic E-state index is 11.8. The van der Waals surface area contributed by atoms with Gasteiger partial charge in [0.25, 0.3) is 0 Å². The Kier molecular flexibility index (Phi) is 6.27. The Balaban J connectivity index is 3.32. The van der Waals surface area contributed by atoms with Crippen LogP contribution in [0.3, 0.4) is 0 Å². The van der Waals surface area contributed by atoms with E-state index < -0.39 is 5.97 Å². The first-order valence-electron chi connectivity index (χ1n) is 7.26. The van der Waals surface area contributed by atoms with Crippen LogP contribution in [0.25, 0.3) is 0 Å². The SMILES string of the molecule is CCCC(CC)/C(C)=N/c1sc(C(=O)O)c(C)c1C(C)=O. The number of hydrogen-bond acceptors (Lipinski definition) is 4. The Hall–Kier alpha value is -1.49. The van der Waals surface area contributed by atoms with Gasteiger partial charge in [0.05, 0.1) is 5.56 Å². The molecule has 1 aromatic rings. The number of ketones is 1. The zero-order chi connectivity index (χ0) is 16.2. The highest BCUT2D eigenvalue weighted by atomic mass is 32.1. The van der Waals surface area contributed by atoms with Crippen molar-refractivity contribution >= 4 is 33.8 Å². The minimum Gasteiger partial charge on any atom is -0.477 e. The van der Waals surface area contributed by atoms with Gasteiger partial charge in [0, 0.05) is 5.71 Å². The standard InChI is InChI=1S/C16H23NO3S/c1-6-8-12(7-2)10(4)17-15-13(11(5)18)9(3)14(21-15)16(19)20/h12H,6-8H2,1-5H3,(H,19,20)/b17-10+. The zero-order valence-electron chi connectivity index (χ0n) is 13.3. The van der Waals surface area contributed by atoms with E-state index in [0.29, 0.717) is 22.0 Å². The summed E-state index contributed by atoms with van der Waals surface area (Å²) in [5, 5.41) is 9.74. The lowest BCUT2D eigenvalue weighted by Crippen LogP contribution is -2.09. The highest BCUT2D eigenvalue weighted by Gasteiger charge is 2.22. The summed E-state index contributed by atoms with van der Waals surface area (Å²) >= 11 is 1.09. The van der Waals surface area contributed by atoms with Crippen LogP contribution in [0.5, 0.6) is 0 Å². The Labute approximate surface area is 129 Å². The normalized spacial score (nSPS) is 13.3. The minimum atomic E-state index is -1.00. The molecule has 21 heavy (non-hydrogen) atoms. The Morgan fingerprint density at radius 1 is 1.29 bits per heavy atom. The number of rotatable bonds is 7. The van der Waals surface area contributed by atoms with Crippen LogP contribution in [0.15, 0.2) is 4.99 Å². The van der Waals surface area contributed by atoms with E-state index in [-0.39, 0.29) is 10.7 Å². The maximum atomic E-state index is 11.8. The quantitative estimate of drug-likeness (QED) is 0.577. The molecule has 1 unspecified atom stereocenters. The molecule has 0 aromatic carbocycles. The molecule has 1 rings (SSSR count). The Morgan fingerprint density at radius 3 is 2.33 bits per heavy atom. The molecule has 0 aliphatic rings. The van der Waals surface area contributed by atoms with E-state index in [4.69, 9.17) is 0 Å². The molecule has 116 valence electrons. The van der Waals surface area contributed by atoms with Gasteiger partial charge in [-0.2, -0.15) is 0 Å². The molecular formula is C16H23NO3S. The van der Waals surface area contributed by atoms with Crippen molar-refractivity contribution in [2.24, 2.45) is 10.9 Å². The molecule has 1 aromatic heterocycles. The number of Topliss-reactive ketones (excluding diaryl/α,β-unsaturated/α-hetero) is 1. The fourth-order valence-corrected chi connectivity index (χ4v) is 3.63. The van der Waals surface area contributed by atoms with Crippen LogP contribution >= 0.6 is 11.3 Å². The van der Waals surface area contributed by atoms with Crippen LogP contribution in [0.1, 0.15) is 72.6 Å². The summed E-state index contributed by atoms with van der Waals surface area (Å²) in [6.07, 6.45) is 3.13. The number of thiophene rings is 1. The minimum absolute atomic E-state index is 0.133. The largest absolute Gasteiger partial charge is 0.477 e. The van der Waals surface area contributed by atoms with Gasteiger partial charge in [-0.25, -0.2) is 9.79 Å². The van der Waals surface area contributed by atoms with Crippen LogP contribution in [-0.4, -0.2) is 22.6 Å². The van der Waals surface area contributed by atoms with Gasteiger partial charge in [0.15, 0.2) is 5.78 Å². The molecule has 0 spiro atoms. The van der Waals surface area contributed by atoms with Gasteiger partial charge in [0.1, 0.15) is 9.88 Å². The number of carboxylic acids is 1. The highest BCUT2D eigenvalue weighted by molar-refractivity contribution is 7.18. The second kappa shape index (κ2) is 7.50. The molecule has 0 bridgehead atoms. The molecule has 0 aliphatic carbocycles. The smallest absolute Gasteiger partial charge is 0.346 e. The summed E-state index contributed by atoms with van der Waals surface area (Å²) in [6, 6.07) is 0. The second-order valence-corrected chi connectivity index (χ2v) is 6.24. The van der Waals surface area contributed by atoms with Gasteiger partial charge in [-0.15, -0.1) is 11.3 Å². The lowest BCUT2D eigenvalue weighted by atomic mass is 9.96. The average molecular weight is 309 g/mol. The average Bonchev–Trinajstić information content (AvgIpc) is 2.72. The van der Waals surface area contributed by atoms with Crippen LogP contribution in [-0.2, 0) is 0 Å². The van der Waals surface area contributed by atoms with Crippen molar-refractivity contribution in [1.29, 1.82) is 0 Å². The molecule has 1 atom stereocenters. The molecule has 0 aliphatic heterocycles. The molecule has 1 N–H and O–H groups in total. The zero-order valence-corrected chi connectivity index (χ0v) is 14.1. The summed E-state index contributed by atoms with van der Waals surface area (Å²) in [6.45, 7) is 9.35. The summed E-state index contributed by atoms with van der Waals surface area (Å²) in [5.41, 5.74) is 1.94. The van der Waals surface area contributed by atoms with Crippen LogP contribution in [0.2, 0.25) is 0 Å². The van der Waals surface area contributed by atoms with E-state index in [1.54, 1.807) is 6.92 Å². The monoisotopic (exact) mass is 309 g/mol. The van der Waals surface area contributed by atoms with Crippen LogP contribution < -0.4 is 0 Å². The lowest BCUT2D eigenvalue weighted by Gasteiger charge is -2.13. The number of carboxylic acid groups (broad SMARTS) is 1. The van der Waals surface area contributed by atoms with E-state index in [2.05, 4.69) is 18.8 Å². The van der Waals surface area contributed by atoms with Crippen LogP contribution in [0.4, 0.5) is 5.00 Å². The second-order valence-electron chi connectivity index (χ2n) is 5.24. The summed E-state index contributed by atoms with van der Waals surface area (Å²) < 4.78 is 0. The summed E-state index contributed by atoms with van der Waals surface area (Å²) in [4.78, 5) is 27.8. The van der Waals surface area contributed by atoms with Gasteiger partial charge in [0.2, 0.25) is 0 Å². The molecule has 1 heterocycles. The third kappa shape index (κ3) is 4.00. The Bertz CT molecular complexity index is 572. The van der Waals surface area contributed by atoms with Crippen molar-refractivity contribution in [1.82, 2.24) is 0 Å². The highest BCUT2D eigenvalue weighted by Crippen LogP contribution is 2.36.